The van der Waals surface area contributed by atoms with Gasteiger partial charge in [-0.25, -0.2) is 0 Å². The first-order valence-corrected chi connectivity index (χ1v) is 5.34. The van der Waals surface area contributed by atoms with Crippen molar-refractivity contribution < 1.29 is 24.5 Å². The molecule has 0 bridgehead atoms. The van der Waals surface area contributed by atoms with Crippen LogP contribution >= 0.6 is 0 Å². The first-order valence-electron chi connectivity index (χ1n) is 5.34. The maximum atomic E-state index is 11.7. The first kappa shape index (κ1) is 13.0. The molecule has 1 rings (SSSR count). The van der Waals surface area contributed by atoms with Crippen LogP contribution in [0.4, 0.5) is 0 Å². The highest BCUT2D eigenvalue weighted by Gasteiger charge is 2.44. The molecule has 0 amide bonds. The van der Waals surface area contributed by atoms with Crippen LogP contribution < -0.4 is 0 Å². The Balaban J connectivity index is 2.71. The monoisotopic (exact) mass is 230 g/mol. The number of aliphatic carboxylic acids is 1. The van der Waals surface area contributed by atoms with Crippen molar-refractivity contribution in [1.82, 2.24) is 0 Å². The number of hydrogen-bond acceptors (Lipinski definition) is 4. The van der Waals surface area contributed by atoms with Crippen LogP contribution in [0.3, 0.4) is 0 Å². The molecule has 0 aromatic rings. The Kier molecular flexibility index (Phi) is 3.57. The quantitative estimate of drug-likeness (QED) is 0.685. The minimum atomic E-state index is -1.05. The van der Waals surface area contributed by atoms with E-state index in [9.17, 15) is 14.7 Å². The van der Waals surface area contributed by atoms with Crippen molar-refractivity contribution in [3.63, 3.8) is 0 Å². The van der Waals surface area contributed by atoms with E-state index < -0.39 is 35.5 Å². The molecule has 0 aromatic heterocycles. The van der Waals surface area contributed by atoms with Crippen LogP contribution in [0, 0.1) is 11.8 Å². The van der Waals surface area contributed by atoms with Crippen molar-refractivity contribution in [2.75, 3.05) is 0 Å². The molecule has 0 aromatic carbocycles. The molecular weight excluding hydrogens is 212 g/mol. The van der Waals surface area contributed by atoms with Gasteiger partial charge in [-0.3, -0.25) is 9.59 Å². The van der Waals surface area contributed by atoms with E-state index in [-0.39, 0.29) is 12.8 Å². The predicted octanol–water partition coefficient (Wildman–Crippen LogP) is 0.800. The second-order valence-electron chi connectivity index (χ2n) is 5.21. The lowest BCUT2D eigenvalue weighted by atomic mass is 9.96. The largest absolute Gasteiger partial charge is 0.481 e. The Hall–Kier alpha value is -1.10. The van der Waals surface area contributed by atoms with E-state index in [1.807, 2.05) is 0 Å². The number of aliphatic hydroxyl groups is 1. The first-order chi connectivity index (χ1) is 7.20. The topological polar surface area (TPSA) is 83.8 Å². The minimum absolute atomic E-state index is 0.124. The van der Waals surface area contributed by atoms with E-state index in [0.29, 0.717) is 0 Å². The van der Waals surface area contributed by atoms with Gasteiger partial charge in [0.1, 0.15) is 5.60 Å². The standard InChI is InChI=1S/C11H18O5/c1-11(2,3)16-10(15)8-5-6(12)4-7(8)9(13)14/h6-8,12H,4-5H2,1-3H3,(H,13,14)/t6-,7+,8?/m1/s1. The molecule has 0 saturated heterocycles. The maximum absolute atomic E-state index is 11.7. The number of rotatable bonds is 2. The Morgan fingerprint density at radius 1 is 1.19 bits per heavy atom. The van der Waals surface area contributed by atoms with Crippen molar-refractivity contribution in [2.45, 2.75) is 45.3 Å². The third-order valence-electron chi connectivity index (χ3n) is 2.56. The van der Waals surface area contributed by atoms with Crippen LogP contribution in [-0.4, -0.2) is 33.9 Å². The summed E-state index contributed by atoms with van der Waals surface area (Å²) in [6, 6.07) is 0. The summed E-state index contributed by atoms with van der Waals surface area (Å²) in [5.74, 6) is -3.14. The Bertz CT molecular complexity index is 291. The van der Waals surface area contributed by atoms with Gasteiger partial charge in [0.2, 0.25) is 0 Å². The third-order valence-corrected chi connectivity index (χ3v) is 2.56. The van der Waals surface area contributed by atoms with Crippen LogP contribution in [0.5, 0.6) is 0 Å². The van der Waals surface area contributed by atoms with Gasteiger partial charge in [0.05, 0.1) is 17.9 Å². The van der Waals surface area contributed by atoms with Crippen molar-refractivity contribution in [3.8, 4) is 0 Å². The third kappa shape index (κ3) is 3.20. The fourth-order valence-corrected chi connectivity index (χ4v) is 1.92. The van der Waals surface area contributed by atoms with E-state index in [2.05, 4.69) is 0 Å². The fourth-order valence-electron chi connectivity index (χ4n) is 1.92. The van der Waals surface area contributed by atoms with Gasteiger partial charge in [0.25, 0.3) is 0 Å². The van der Waals surface area contributed by atoms with Crippen molar-refractivity contribution in [1.29, 1.82) is 0 Å². The van der Waals surface area contributed by atoms with Crippen LogP contribution in [-0.2, 0) is 14.3 Å². The maximum Gasteiger partial charge on any atom is 0.310 e. The average Bonchev–Trinajstić information content (AvgIpc) is 2.44. The molecule has 0 radical (unpaired) electrons. The number of ether oxygens (including phenoxy) is 1. The molecule has 1 aliphatic rings. The van der Waals surface area contributed by atoms with Gasteiger partial charge in [0, 0.05) is 0 Å². The summed E-state index contributed by atoms with van der Waals surface area (Å²) in [7, 11) is 0. The molecule has 0 heterocycles. The summed E-state index contributed by atoms with van der Waals surface area (Å²) in [5.41, 5.74) is -0.631. The molecule has 0 spiro atoms. The highest BCUT2D eigenvalue weighted by molar-refractivity contribution is 5.82. The number of esters is 1. The van der Waals surface area contributed by atoms with Gasteiger partial charge in [-0.1, -0.05) is 0 Å². The normalized spacial score (nSPS) is 30.1. The Labute approximate surface area is 94.4 Å². The van der Waals surface area contributed by atoms with Crippen molar-refractivity contribution >= 4 is 11.9 Å². The zero-order chi connectivity index (χ0) is 12.5. The molecule has 0 aliphatic heterocycles. The van der Waals surface area contributed by atoms with Gasteiger partial charge in [0.15, 0.2) is 0 Å². The number of carbonyl (C=O) groups is 2. The summed E-state index contributed by atoms with van der Waals surface area (Å²) in [6.07, 6.45) is -0.427. The summed E-state index contributed by atoms with van der Waals surface area (Å²) >= 11 is 0. The Morgan fingerprint density at radius 2 is 1.69 bits per heavy atom. The lowest BCUT2D eigenvalue weighted by Gasteiger charge is -2.23. The summed E-state index contributed by atoms with van der Waals surface area (Å²) in [6.45, 7) is 5.18. The zero-order valence-electron chi connectivity index (χ0n) is 9.77. The second kappa shape index (κ2) is 4.41. The average molecular weight is 230 g/mol. The predicted molar refractivity (Wildman–Crippen MR) is 55.7 cm³/mol. The van der Waals surface area contributed by atoms with Crippen molar-refractivity contribution in [2.24, 2.45) is 11.8 Å². The van der Waals surface area contributed by atoms with Crippen LogP contribution in [0.2, 0.25) is 0 Å². The van der Waals surface area contributed by atoms with E-state index in [4.69, 9.17) is 9.84 Å². The molecule has 3 atom stereocenters. The number of hydrogen-bond donors (Lipinski definition) is 2. The molecular formula is C11H18O5. The smallest absolute Gasteiger partial charge is 0.310 e. The van der Waals surface area contributed by atoms with Crippen LogP contribution in [0.1, 0.15) is 33.6 Å². The SMILES string of the molecule is CC(C)(C)OC(=O)C1C[C@H](O)C[C@@H]1C(=O)O. The lowest BCUT2D eigenvalue weighted by Crippen LogP contribution is -2.32. The molecule has 1 fully saturated rings. The summed E-state index contributed by atoms with van der Waals surface area (Å²) in [4.78, 5) is 22.6. The number of carbonyl (C=O) groups excluding carboxylic acids is 1. The van der Waals surface area contributed by atoms with E-state index in [1.165, 1.54) is 0 Å². The second-order valence-corrected chi connectivity index (χ2v) is 5.21. The number of carboxylic acid groups (broad SMARTS) is 1. The van der Waals surface area contributed by atoms with Crippen molar-refractivity contribution in [3.05, 3.63) is 0 Å². The highest BCUT2D eigenvalue weighted by atomic mass is 16.6. The molecule has 2 N–H and O–H groups in total. The van der Waals surface area contributed by atoms with Gasteiger partial charge in [-0.05, 0) is 33.6 Å². The highest BCUT2D eigenvalue weighted by Crippen LogP contribution is 2.34. The summed E-state index contributed by atoms with van der Waals surface area (Å²) in [5, 5.41) is 18.3. The van der Waals surface area contributed by atoms with Crippen LogP contribution in [0.25, 0.3) is 0 Å². The lowest BCUT2D eigenvalue weighted by molar-refractivity contribution is -0.165. The van der Waals surface area contributed by atoms with Gasteiger partial charge in [-0.15, -0.1) is 0 Å². The van der Waals surface area contributed by atoms with Crippen LogP contribution in [0.15, 0.2) is 0 Å². The van der Waals surface area contributed by atoms with Gasteiger partial charge < -0.3 is 14.9 Å². The Morgan fingerprint density at radius 3 is 2.12 bits per heavy atom. The zero-order valence-corrected chi connectivity index (χ0v) is 9.77. The van der Waals surface area contributed by atoms with E-state index >= 15 is 0 Å². The molecule has 16 heavy (non-hydrogen) atoms. The molecule has 1 aliphatic carbocycles. The molecule has 5 nitrogen and oxygen atoms in total. The fraction of sp³-hybridized carbons (Fsp3) is 0.818. The summed E-state index contributed by atoms with van der Waals surface area (Å²) < 4.78 is 5.14. The molecule has 5 heteroatoms. The number of aliphatic hydroxyl groups excluding tert-OH is 1. The van der Waals surface area contributed by atoms with E-state index in [1.54, 1.807) is 20.8 Å². The number of carboxylic acids is 1. The van der Waals surface area contributed by atoms with Gasteiger partial charge in [-0.2, -0.15) is 0 Å². The molecule has 1 saturated carbocycles. The van der Waals surface area contributed by atoms with Gasteiger partial charge >= 0.3 is 11.9 Å². The molecule has 1 unspecified atom stereocenters. The minimum Gasteiger partial charge on any atom is -0.481 e. The molecule has 92 valence electrons. The van der Waals surface area contributed by atoms with E-state index in [0.717, 1.165) is 0 Å².